The predicted octanol–water partition coefficient (Wildman–Crippen LogP) is 6.26. The quantitative estimate of drug-likeness (QED) is 0.209. The van der Waals surface area contributed by atoms with Crippen LogP contribution in [0, 0.1) is 0 Å². The zero-order chi connectivity index (χ0) is 13.5. The van der Waals surface area contributed by atoms with Gasteiger partial charge in [-0.2, -0.15) is 0 Å². The second-order valence-electron chi connectivity index (χ2n) is 5.57. The molecule has 0 saturated heterocycles. The molecular formula is C16H35OPTi. The summed E-state index contributed by atoms with van der Waals surface area (Å²) in [5.41, 5.74) is 0. The van der Waals surface area contributed by atoms with Gasteiger partial charge < -0.3 is 4.57 Å². The molecule has 0 spiro atoms. The van der Waals surface area contributed by atoms with Crippen LogP contribution in [0.5, 0.6) is 0 Å². The first-order valence-electron chi connectivity index (χ1n) is 8.33. The third kappa shape index (κ3) is 18.9. The number of hydrogen-bond acceptors (Lipinski definition) is 1. The van der Waals surface area contributed by atoms with Gasteiger partial charge >= 0.3 is 0 Å². The molecule has 19 heavy (non-hydrogen) atoms. The molecule has 3 heteroatoms. The first kappa shape index (κ1) is 22.2. The fourth-order valence-corrected chi connectivity index (χ4v) is 3.87. The number of unbranched alkanes of at least 4 members (excludes halogenated alkanes) is 10. The van der Waals surface area contributed by atoms with Crippen molar-refractivity contribution in [2.24, 2.45) is 0 Å². The van der Waals surface area contributed by atoms with Gasteiger partial charge in [0.1, 0.15) is 0 Å². The van der Waals surface area contributed by atoms with Crippen molar-refractivity contribution in [3.05, 3.63) is 0 Å². The van der Waals surface area contributed by atoms with Gasteiger partial charge in [-0.3, -0.25) is 0 Å². The Morgan fingerprint density at radius 1 is 0.579 bits per heavy atom. The molecule has 0 fully saturated rings. The molecule has 114 valence electrons. The molecule has 0 unspecified atom stereocenters. The molecule has 0 heterocycles. The zero-order valence-electron chi connectivity index (χ0n) is 13.3. The second kappa shape index (κ2) is 18.9. The number of rotatable bonds is 14. The van der Waals surface area contributed by atoms with E-state index in [1.807, 2.05) is 0 Å². The van der Waals surface area contributed by atoms with E-state index in [4.69, 9.17) is 0 Å². The first-order valence-corrected chi connectivity index (χ1v) is 10.1. The molecule has 0 rings (SSSR count). The van der Waals surface area contributed by atoms with Crippen molar-refractivity contribution >= 4 is 7.80 Å². The van der Waals surface area contributed by atoms with Crippen LogP contribution in [0.3, 0.4) is 0 Å². The molecule has 0 atom stereocenters. The van der Waals surface area contributed by atoms with E-state index < -0.39 is 7.80 Å². The van der Waals surface area contributed by atoms with Gasteiger partial charge in [-0.1, -0.05) is 78.1 Å². The Labute approximate surface area is 137 Å². The molecule has 0 bridgehead atoms. The molecule has 1 nitrogen and oxygen atoms in total. The smallest absolute Gasteiger partial charge is 0.0762 e. The van der Waals surface area contributed by atoms with Crippen molar-refractivity contribution < 1.29 is 26.3 Å². The largest absolute Gasteiger partial charge is 0.327 e. The summed E-state index contributed by atoms with van der Waals surface area (Å²) in [7, 11) is -1.22. The normalized spacial score (nSPS) is 10.7. The average Bonchev–Trinajstić information content (AvgIpc) is 2.38. The SMILES string of the molecule is CCCCCCCC[PH](=O)CCCCCCCC.[Ti]. The average molecular weight is 322 g/mol. The maximum absolute atomic E-state index is 11.8. The molecule has 0 aliphatic heterocycles. The van der Waals surface area contributed by atoms with Crippen LogP contribution in [0.15, 0.2) is 0 Å². The Bertz CT molecular complexity index is 168. The maximum Gasteiger partial charge on any atom is 0.0762 e. The first-order chi connectivity index (χ1) is 8.81. The van der Waals surface area contributed by atoms with Gasteiger partial charge in [-0.25, -0.2) is 0 Å². The minimum Gasteiger partial charge on any atom is -0.327 e. The van der Waals surface area contributed by atoms with Gasteiger partial charge in [-0.05, 0) is 25.2 Å². The minimum absolute atomic E-state index is 0. The van der Waals surface area contributed by atoms with Crippen molar-refractivity contribution in [3.8, 4) is 0 Å². The van der Waals surface area contributed by atoms with Crippen molar-refractivity contribution in [2.75, 3.05) is 12.3 Å². The van der Waals surface area contributed by atoms with Gasteiger partial charge in [0, 0.05) is 21.7 Å². The van der Waals surface area contributed by atoms with Crippen molar-refractivity contribution in [3.63, 3.8) is 0 Å². The standard InChI is InChI=1S/C16H35OP.Ti/c1-3-5-7-9-11-13-15-18(17)16-14-12-10-8-6-4-2;/h18H,3-16H2,1-2H3;. The second-order valence-corrected chi connectivity index (χ2v) is 7.65. The van der Waals surface area contributed by atoms with E-state index in [0.29, 0.717) is 0 Å². The summed E-state index contributed by atoms with van der Waals surface area (Å²) >= 11 is 0. The van der Waals surface area contributed by atoms with Gasteiger partial charge in [0.2, 0.25) is 0 Å². The molecule has 0 amide bonds. The van der Waals surface area contributed by atoms with Crippen LogP contribution in [0.25, 0.3) is 0 Å². The third-order valence-corrected chi connectivity index (χ3v) is 5.44. The molecule has 0 aromatic rings. The Hall–Kier alpha value is 0.944. The fraction of sp³-hybridized carbons (Fsp3) is 1.00. The molecule has 0 aliphatic carbocycles. The van der Waals surface area contributed by atoms with Crippen molar-refractivity contribution in [1.29, 1.82) is 0 Å². The summed E-state index contributed by atoms with van der Waals surface area (Å²) in [5, 5.41) is 0. The van der Waals surface area contributed by atoms with Crippen LogP contribution in [0.4, 0.5) is 0 Å². The Balaban J connectivity index is 0. The van der Waals surface area contributed by atoms with E-state index >= 15 is 0 Å². The van der Waals surface area contributed by atoms with E-state index in [1.54, 1.807) is 0 Å². The molecule has 0 aromatic carbocycles. The monoisotopic (exact) mass is 322 g/mol. The zero-order valence-corrected chi connectivity index (χ0v) is 15.9. The van der Waals surface area contributed by atoms with Crippen LogP contribution < -0.4 is 0 Å². The topological polar surface area (TPSA) is 17.1 Å². The molecule has 0 aliphatic rings. The maximum atomic E-state index is 11.8. The molecule has 0 radical (unpaired) electrons. The number of hydrogen-bond donors (Lipinski definition) is 0. The predicted molar refractivity (Wildman–Crippen MR) is 85.5 cm³/mol. The summed E-state index contributed by atoms with van der Waals surface area (Å²) in [4.78, 5) is 0. The summed E-state index contributed by atoms with van der Waals surface area (Å²) < 4.78 is 11.8. The Morgan fingerprint density at radius 3 is 1.26 bits per heavy atom. The van der Waals surface area contributed by atoms with E-state index in [0.717, 1.165) is 12.3 Å². The van der Waals surface area contributed by atoms with Crippen molar-refractivity contribution in [2.45, 2.75) is 90.9 Å². The molecule has 0 aromatic heterocycles. The van der Waals surface area contributed by atoms with Crippen molar-refractivity contribution in [1.82, 2.24) is 0 Å². The summed E-state index contributed by atoms with van der Waals surface area (Å²) in [6, 6.07) is 0. The van der Waals surface area contributed by atoms with Crippen LogP contribution in [0.1, 0.15) is 90.9 Å². The Morgan fingerprint density at radius 2 is 0.895 bits per heavy atom. The fourth-order valence-electron chi connectivity index (χ4n) is 2.33. The van der Waals surface area contributed by atoms with Gasteiger partial charge in [-0.15, -0.1) is 0 Å². The van der Waals surface area contributed by atoms with Crippen LogP contribution in [0.2, 0.25) is 0 Å². The van der Waals surface area contributed by atoms with Crippen LogP contribution in [-0.2, 0) is 26.3 Å². The molecular weight excluding hydrogens is 287 g/mol. The third-order valence-electron chi connectivity index (χ3n) is 3.62. The van der Waals surface area contributed by atoms with Crippen LogP contribution >= 0.6 is 7.80 Å². The molecule has 0 N–H and O–H groups in total. The van der Waals surface area contributed by atoms with E-state index in [9.17, 15) is 4.57 Å². The van der Waals surface area contributed by atoms with Gasteiger partial charge in [0.15, 0.2) is 0 Å². The van der Waals surface area contributed by atoms with Gasteiger partial charge in [0.25, 0.3) is 0 Å². The van der Waals surface area contributed by atoms with E-state index in [1.165, 1.54) is 77.0 Å². The van der Waals surface area contributed by atoms with E-state index in [2.05, 4.69) is 13.8 Å². The summed E-state index contributed by atoms with van der Waals surface area (Å²) in [6.45, 7) is 4.50. The van der Waals surface area contributed by atoms with Gasteiger partial charge in [0.05, 0.1) is 7.80 Å². The Kier molecular flexibility index (Phi) is 22.2. The summed E-state index contributed by atoms with van der Waals surface area (Å²) in [5.74, 6) is 0. The van der Waals surface area contributed by atoms with E-state index in [-0.39, 0.29) is 21.7 Å². The summed E-state index contributed by atoms with van der Waals surface area (Å²) in [6.07, 6.45) is 17.8. The minimum atomic E-state index is -1.22. The van der Waals surface area contributed by atoms with Crippen LogP contribution in [-0.4, -0.2) is 12.3 Å². The molecule has 0 saturated carbocycles.